The molecule has 0 bridgehead atoms. The topological polar surface area (TPSA) is 69.6 Å². The summed E-state index contributed by atoms with van der Waals surface area (Å²) in [7, 11) is 0. The first-order chi connectivity index (χ1) is 10.2. The molecule has 1 saturated carbocycles. The van der Waals surface area contributed by atoms with E-state index in [1.54, 1.807) is 4.90 Å². The fourth-order valence-corrected chi connectivity index (χ4v) is 3.54. The summed E-state index contributed by atoms with van der Waals surface area (Å²) < 4.78 is 0. The molecule has 2 fully saturated rings. The molecule has 5 heteroatoms. The van der Waals surface area contributed by atoms with Crippen LogP contribution in [0, 0.1) is 11.8 Å². The number of amides is 2. The van der Waals surface area contributed by atoms with Gasteiger partial charge in [-0.15, -0.1) is 0 Å². The molecule has 2 rings (SSSR count). The maximum atomic E-state index is 12.3. The van der Waals surface area contributed by atoms with E-state index in [0.717, 1.165) is 44.4 Å². The van der Waals surface area contributed by atoms with Gasteiger partial charge in [0.05, 0.1) is 6.61 Å². The van der Waals surface area contributed by atoms with Crippen molar-refractivity contribution < 1.29 is 14.7 Å². The highest BCUT2D eigenvalue weighted by atomic mass is 16.3. The lowest BCUT2D eigenvalue weighted by Gasteiger charge is -2.34. The van der Waals surface area contributed by atoms with Crippen LogP contribution in [0.1, 0.15) is 51.9 Å². The average Bonchev–Trinajstić information content (AvgIpc) is 2.51. The molecule has 1 unspecified atom stereocenters. The fraction of sp³-hybridized carbons (Fsp3) is 0.875. The maximum absolute atomic E-state index is 12.3. The normalized spacial score (nSPS) is 30.3. The molecule has 2 aliphatic rings. The highest BCUT2D eigenvalue weighted by Gasteiger charge is 2.32. The average molecular weight is 296 g/mol. The molecule has 1 aliphatic heterocycles. The summed E-state index contributed by atoms with van der Waals surface area (Å²) in [6.07, 6.45) is 6.96. The van der Waals surface area contributed by atoms with Crippen molar-refractivity contribution in [1.29, 1.82) is 0 Å². The van der Waals surface area contributed by atoms with Gasteiger partial charge in [0.2, 0.25) is 11.8 Å². The number of rotatable bonds is 5. The molecule has 0 aromatic rings. The van der Waals surface area contributed by atoms with Crippen LogP contribution in [0.25, 0.3) is 0 Å². The van der Waals surface area contributed by atoms with Gasteiger partial charge in [0.25, 0.3) is 0 Å². The van der Waals surface area contributed by atoms with Crippen LogP contribution in [0.5, 0.6) is 0 Å². The second kappa shape index (κ2) is 7.78. The van der Waals surface area contributed by atoms with E-state index in [2.05, 4.69) is 12.2 Å². The van der Waals surface area contributed by atoms with E-state index in [-0.39, 0.29) is 30.4 Å². The molecule has 21 heavy (non-hydrogen) atoms. The summed E-state index contributed by atoms with van der Waals surface area (Å²) in [6, 6.07) is -0.387. The number of hydrogen-bond donors (Lipinski definition) is 2. The van der Waals surface area contributed by atoms with Crippen LogP contribution < -0.4 is 5.32 Å². The van der Waals surface area contributed by atoms with Gasteiger partial charge in [-0.1, -0.05) is 13.3 Å². The predicted molar refractivity (Wildman–Crippen MR) is 80.6 cm³/mol. The molecular weight excluding hydrogens is 268 g/mol. The number of piperidine rings is 1. The maximum Gasteiger partial charge on any atom is 0.245 e. The van der Waals surface area contributed by atoms with Crippen LogP contribution in [0.4, 0.5) is 0 Å². The number of likely N-dealkylation sites (tertiary alicyclic amines) is 1. The zero-order valence-electron chi connectivity index (χ0n) is 13.0. The molecule has 2 amide bonds. The van der Waals surface area contributed by atoms with Crippen molar-refractivity contribution in [3.05, 3.63) is 0 Å². The van der Waals surface area contributed by atoms with E-state index in [9.17, 15) is 9.59 Å². The van der Waals surface area contributed by atoms with E-state index >= 15 is 0 Å². The van der Waals surface area contributed by atoms with Gasteiger partial charge in [-0.25, -0.2) is 0 Å². The molecule has 0 aromatic carbocycles. The van der Waals surface area contributed by atoms with Gasteiger partial charge in [0, 0.05) is 19.0 Å². The van der Waals surface area contributed by atoms with Crippen LogP contribution >= 0.6 is 0 Å². The summed E-state index contributed by atoms with van der Waals surface area (Å²) in [5.41, 5.74) is 0. The molecule has 1 heterocycles. The zero-order valence-corrected chi connectivity index (χ0v) is 13.0. The molecule has 120 valence electrons. The number of nitrogens with one attached hydrogen (secondary N) is 1. The molecule has 2 N–H and O–H groups in total. The Bertz CT molecular complexity index is 363. The summed E-state index contributed by atoms with van der Waals surface area (Å²) in [5.74, 6) is 0.860. The molecule has 0 aromatic heterocycles. The Labute approximate surface area is 127 Å². The molecule has 1 saturated heterocycles. The van der Waals surface area contributed by atoms with E-state index in [0.29, 0.717) is 13.1 Å². The summed E-state index contributed by atoms with van der Waals surface area (Å²) in [6.45, 7) is 3.25. The number of hydrogen-bond acceptors (Lipinski definition) is 3. The van der Waals surface area contributed by atoms with E-state index in [4.69, 9.17) is 5.11 Å². The van der Waals surface area contributed by atoms with Crippen molar-refractivity contribution >= 4 is 11.8 Å². The molecule has 1 atom stereocenters. The minimum absolute atomic E-state index is 0.0204. The lowest BCUT2D eigenvalue weighted by Crippen LogP contribution is -2.54. The second-order valence-electron chi connectivity index (χ2n) is 6.38. The van der Waals surface area contributed by atoms with Gasteiger partial charge in [0.1, 0.15) is 6.04 Å². The Morgan fingerprint density at radius 1 is 1.29 bits per heavy atom. The predicted octanol–water partition coefficient (Wildman–Crippen LogP) is 1.30. The van der Waals surface area contributed by atoms with Crippen molar-refractivity contribution in [2.24, 2.45) is 11.8 Å². The second-order valence-corrected chi connectivity index (χ2v) is 6.38. The molecule has 5 nitrogen and oxygen atoms in total. The third-order valence-corrected chi connectivity index (χ3v) is 5.01. The number of carbonyl (C=O) groups is 2. The van der Waals surface area contributed by atoms with Gasteiger partial charge < -0.3 is 15.3 Å². The van der Waals surface area contributed by atoms with Gasteiger partial charge in [-0.3, -0.25) is 9.59 Å². The first-order valence-electron chi connectivity index (χ1n) is 8.35. The summed E-state index contributed by atoms with van der Waals surface area (Å²) in [4.78, 5) is 26.2. The van der Waals surface area contributed by atoms with Crippen LogP contribution in [0.3, 0.4) is 0 Å². The van der Waals surface area contributed by atoms with Crippen molar-refractivity contribution in [3.8, 4) is 0 Å². The smallest absolute Gasteiger partial charge is 0.245 e. The Morgan fingerprint density at radius 3 is 2.62 bits per heavy atom. The SMILES string of the molecule is CCC1CCC(C(=O)NC2CCCN(CCO)C2=O)CC1. The number of nitrogens with zero attached hydrogens (tertiary/aromatic N) is 1. The van der Waals surface area contributed by atoms with E-state index in [1.165, 1.54) is 6.42 Å². The van der Waals surface area contributed by atoms with E-state index < -0.39 is 0 Å². The standard InChI is InChI=1S/C16H28N2O3/c1-2-12-5-7-13(8-6-12)15(20)17-14-4-3-9-18(10-11-19)16(14)21/h12-14,19H,2-11H2,1H3,(H,17,20). The third kappa shape index (κ3) is 4.19. The fourth-order valence-electron chi connectivity index (χ4n) is 3.54. The van der Waals surface area contributed by atoms with Gasteiger partial charge in [-0.05, 0) is 44.4 Å². The molecular formula is C16H28N2O3. The van der Waals surface area contributed by atoms with Gasteiger partial charge in [-0.2, -0.15) is 0 Å². The Hall–Kier alpha value is -1.10. The highest BCUT2D eigenvalue weighted by Crippen LogP contribution is 2.30. The third-order valence-electron chi connectivity index (χ3n) is 5.01. The van der Waals surface area contributed by atoms with Crippen LogP contribution in [-0.2, 0) is 9.59 Å². The summed E-state index contributed by atoms with van der Waals surface area (Å²) in [5, 5.41) is 11.9. The number of carbonyl (C=O) groups excluding carboxylic acids is 2. The lowest BCUT2D eigenvalue weighted by molar-refractivity contribution is -0.140. The Balaban J connectivity index is 1.83. The number of β-amino-alcohol motifs (C(OH)–C–C–N with tert-alkyl or cyclic N) is 1. The van der Waals surface area contributed by atoms with Crippen molar-refractivity contribution in [2.75, 3.05) is 19.7 Å². The monoisotopic (exact) mass is 296 g/mol. The minimum atomic E-state index is -0.387. The largest absolute Gasteiger partial charge is 0.395 e. The Morgan fingerprint density at radius 2 is 2.00 bits per heavy atom. The molecule has 1 aliphatic carbocycles. The van der Waals surface area contributed by atoms with Gasteiger partial charge >= 0.3 is 0 Å². The van der Waals surface area contributed by atoms with Gasteiger partial charge in [0.15, 0.2) is 0 Å². The van der Waals surface area contributed by atoms with Crippen LogP contribution in [0.15, 0.2) is 0 Å². The number of aliphatic hydroxyl groups is 1. The van der Waals surface area contributed by atoms with Crippen LogP contribution in [0.2, 0.25) is 0 Å². The first kappa shape index (κ1) is 16.3. The molecule has 0 radical (unpaired) electrons. The quantitative estimate of drug-likeness (QED) is 0.803. The van der Waals surface area contributed by atoms with E-state index in [1.807, 2.05) is 0 Å². The van der Waals surface area contributed by atoms with Crippen molar-refractivity contribution in [2.45, 2.75) is 57.9 Å². The van der Waals surface area contributed by atoms with Crippen LogP contribution in [-0.4, -0.2) is 47.6 Å². The zero-order chi connectivity index (χ0) is 15.2. The first-order valence-corrected chi connectivity index (χ1v) is 8.35. The summed E-state index contributed by atoms with van der Waals surface area (Å²) >= 11 is 0. The van der Waals surface area contributed by atoms with Crippen molar-refractivity contribution in [3.63, 3.8) is 0 Å². The highest BCUT2D eigenvalue weighted by molar-refractivity contribution is 5.89. The lowest BCUT2D eigenvalue weighted by atomic mass is 9.80. The minimum Gasteiger partial charge on any atom is -0.395 e. The van der Waals surface area contributed by atoms with Crippen molar-refractivity contribution in [1.82, 2.24) is 10.2 Å². The Kier molecular flexibility index (Phi) is 6.03. The molecule has 0 spiro atoms. The number of aliphatic hydroxyl groups excluding tert-OH is 1.